The van der Waals surface area contributed by atoms with E-state index in [0.717, 1.165) is 46.4 Å². The van der Waals surface area contributed by atoms with Gasteiger partial charge < -0.3 is 10.1 Å². The Hall–Kier alpha value is -1.32. The Morgan fingerprint density at radius 1 is 1.38 bits per heavy atom. The van der Waals surface area contributed by atoms with Gasteiger partial charge in [-0.2, -0.15) is 0 Å². The topological polar surface area (TPSA) is 34.1 Å². The number of methoxy groups -OCH3 is 1. The second-order valence-corrected chi connectivity index (χ2v) is 6.22. The summed E-state index contributed by atoms with van der Waals surface area (Å²) in [4.78, 5) is 4.48. The Kier molecular flexibility index (Phi) is 4.32. The number of aromatic nitrogens is 1. The quantitative estimate of drug-likeness (QED) is 0.902. The molecule has 1 heterocycles. The lowest BCUT2D eigenvalue weighted by Gasteiger charge is -2.30. The number of fused-ring (bicyclic) bond motifs is 1. The summed E-state index contributed by atoms with van der Waals surface area (Å²) in [5.74, 6) is 0. The summed E-state index contributed by atoms with van der Waals surface area (Å²) in [5.41, 5.74) is 3.13. The summed E-state index contributed by atoms with van der Waals surface area (Å²) in [6.45, 7) is 2.05. The van der Waals surface area contributed by atoms with Crippen LogP contribution >= 0.6 is 11.6 Å². The number of benzene rings is 1. The fourth-order valence-electron chi connectivity index (χ4n) is 3.22. The van der Waals surface area contributed by atoms with E-state index in [1.165, 1.54) is 6.42 Å². The molecule has 1 aromatic carbocycles. The second kappa shape index (κ2) is 6.20. The zero-order valence-electron chi connectivity index (χ0n) is 12.5. The van der Waals surface area contributed by atoms with Crippen LogP contribution in [0.2, 0.25) is 5.02 Å². The third-order valence-electron chi connectivity index (χ3n) is 4.34. The molecule has 3 nitrogen and oxygen atoms in total. The highest BCUT2D eigenvalue weighted by Gasteiger charge is 2.23. The Morgan fingerprint density at radius 2 is 2.24 bits per heavy atom. The van der Waals surface area contributed by atoms with E-state index in [4.69, 9.17) is 16.3 Å². The number of nitrogens with zero attached hydrogens (tertiary/aromatic N) is 1. The number of rotatable bonds is 3. The van der Waals surface area contributed by atoms with E-state index in [-0.39, 0.29) is 0 Å². The summed E-state index contributed by atoms with van der Waals surface area (Å²) >= 11 is 6.48. The van der Waals surface area contributed by atoms with E-state index < -0.39 is 0 Å². The summed E-state index contributed by atoms with van der Waals surface area (Å²) in [6.07, 6.45) is 6.71. The van der Waals surface area contributed by atoms with Crippen molar-refractivity contribution in [3.63, 3.8) is 0 Å². The van der Waals surface area contributed by atoms with Gasteiger partial charge >= 0.3 is 0 Å². The van der Waals surface area contributed by atoms with Crippen LogP contribution in [0, 0.1) is 6.92 Å². The molecular formula is C17H21ClN2O. The van der Waals surface area contributed by atoms with Crippen molar-refractivity contribution in [2.24, 2.45) is 0 Å². The maximum Gasteiger partial charge on any atom is 0.0752 e. The normalized spacial score (nSPS) is 22.4. The van der Waals surface area contributed by atoms with Crippen LogP contribution in [0.1, 0.15) is 31.2 Å². The van der Waals surface area contributed by atoms with Crippen LogP contribution in [0.3, 0.4) is 0 Å². The Morgan fingerprint density at radius 3 is 3.05 bits per heavy atom. The highest BCUT2D eigenvalue weighted by Crippen LogP contribution is 2.35. The van der Waals surface area contributed by atoms with Gasteiger partial charge in [0.15, 0.2) is 0 Å². The maximum atomic E-state index is 6.48. The number of hydrogen-bond acceptors (Lipinski definition) is 3. The number of halogens is 1. The second-order valence-electron chi connectivity index (χ2n) is 5.82. The maximum absolute atomic E-state index is 6.48. The molecule has 1 aliphatic rings. The van der Waals surface area contributed by atoms with Gasteiger partial charge in [-0.15, -0.1) is 0 Å². The van der Waals surface area contributed by atoms with Gasteiger partial charge in [-0.3, -0.25) is 4.98 Å². The molecule has 2 atom stereocenters. The highest BCUT2D eigenvalue weighted by atomic mass is 35.5. The first kappa shape index (κ1) is 14.6. The molecule has 1 N–H and O–H groups in total. The van der Waals surface area contributed by atoms with Crippen LogP contribution < -0.4 is 5.32 Å². The van der Waals surface area contributed by atoms with Gasteiger partial charge in [0, 0.05) is 24.7 Å². The Labute approximate surface area is 130 Å². The van der Waals surface area contributed by atoms with Crippen molar-refractivity contribution >= 4 is 28.2 Å². The zero-order valence-corrected chi connectivity index (χ0v) is 13.3. The number of nitrogens with one attached hydrogen (secondary N) is 1. The summed E-state index contributed by atoms with van der Waals surface area (Å²) in [7, 11) is 1.80. The van der Waals surface area contributed by atoms with Crippen molar-refractivity contribution in [2.45, 2.75) is 44.8 Å². The lowest BCUT2D eigenvalue weighted by atomic mass is 9.92. The van der Waals surface area contributed by atoms with E-state index in [2.05, 4.69) is 16.4 Å². The number of ether oxygens (including phenoxy) is 1. The molecule has 1 aromatic heterocycles. The third kappa shape index (κ3) is 2.99. The smallest absolute Gasteiger partial charge is 0.0752 e. The fraction of sp³-hybridized carbons (Fsp3) is 0.471. The van der Waals surface area contributed by atoms with Gasteiger partial charge in [-0.25, -0.2) is 0 Å². The van der Waals surface area contributed by atoms with Crippen molar-refractivity contribution in [3.8, 4) is 0 Å². The predicted molar refractivity (Wildman–Crippen MR) is 88.2 cm³/mol. The van der Waals surface area contributed by atoms with Gasteiger partial charge in [0.05, 0.1) is 22.3 Å². The minimum absolute atomic E-state index is 0.352. The lowest BCUT2D eigenvalue weighted by molar-refractivity contribution is 0.0669. The minimum Gasteiger partial charge on any atom is -0.381 e. The molecule has 21 heavy (non-hydrogen) atoms. The molecule has 2 aromatic rings. The molecule has 1 aliphatic carbocycles. The SMILES string of the molecule is COC1CCCC(Nc2c(Cl)cc(C)c3ncccc23)C1. The fourth-order valence-corrected chi connectivity index (χ4v) is 3.54. The number of hydrogen-bond donors (Lipinski definition) is 1. The summed E-state index contributed by atoms with van der Waals surface area (Å²) in [6, 6.07) is 6.45. The largest absolute Gasteiger partial charge is 0.381 e. The first-order chi connectivity index (χ1) is 10.2. The predicted octanol–water partition coefficient (Wildman–Crippen LogP) is 4.57. The van der Waals surface area contributed by atoms with Crippen molar-refractivity contribution in [1.82, 2.24) is 4.98 Å². The number of pyridine rings is 1. The molecule has 0 spiro atoms. The van der Waals surface area contributed by atoms with E-state index in [0.29, 0.717) is 12.1 Å². The molecule has 1 saturated carbocycles. The monoisotopic (exact) mass is 304 g/mol. The van der Waals surface area contributed by atoms with Crippen molar-refractivity contribution in [2.75, 3.05) is 12.4 Å². The Bertz CT molecular complexity index is 644. The molecular weight excluding hydrogens is 284 g/mol. The van der Waals surface area contributed by atoms with E-state index in [1.54, 1.807) is 7.11 Å². The highest BCUT2D eigenvalue weighted by molar-refractivity contribution is 6.35. The molecule has 2 unspecified atom stereocenters. The van der Waals surface area contributed by atoms with Gasteiger partial charge in [-0.1, -0.05) is 11.6 Å². The molecule has 3 rings (SSSR count). The molecule has 4 heteroatoms. The number of anilines is 1. The molecule has 1 fully saturated rings. The number of aryl methyl sites for hydroxylation is 1. The summed E-state index contributed by atoms with van der Waals surface area (Å²) < 4.78 is 5.51. The van der Waals surface area contributed by atoms with Crippen LogP contribution in [0.4, 0.5) is 5.69 Å². The van der Waals surface area contributed by atoms with Crippen molar-refractivity contribution in [3.05, 3.63) is 35.0 Å². The molecule has 0 saturated heterocycles. The molecule has 0 amide bonds. The molecule has 0 bridgehead atoms. The first-order valence-electron chi connectivity index (χ1n) is 7.52. The van der Waals surface area contributed by atoms with Crippen LogP contribution in [-0.4, -0.2) is 24.2 Å². The standard InChI is InChI=1S/C17H21ClN2O/c1-11-9-15(18)17(14-7-4-8-19-16(11)14)20-12-5-3-6-13(10-12)21-2/h4,7-9,12-13,20H,3,5-6,10H2,1-2H3. The molecule has 112 valence electrons. The van der Waals surface area contributed by atoms with E-state index in [1.807, 2.05) is 25.3 Å². The average molecular weight is 305 g/mol. The lowest BCUT2D eigenvalue weighted by Crippen LogP contribution is -2.31. The van der Waals surface area contributed by atoms with E-state index >= 15 is 0 Å². The van der Waals surface area contributed by atoms with Gasteiger partial charge in [0.25, 0.3) is 0 Å². The van der Waals surface area contributed by atoms with Crippen molar-refractivity contribution in [1.29, 1.82) is 0 Å². The minimum atomic E-state index is 0.352. The molecule has 0 radical (unpaired) electrons. The van der Waals surface area contributed by atoms with Crippen molar-refractivity contribution < 1.29 is 4.74 Å². The third-order valence-corrected chi connectivity index (χ3v) is 4.64. The van der Waals surface area contributed by atoms with Crippen LogP contribution in [-0.2, 0) is 4.74 Å². The van der Waals surface area contributed by atoms with Gasteiger partial charge in [0.1, 0.15) is 0 Å². The van der Waals surface area contributed by atoms with Crippen LogP contribution in [0.5, 0.6) is 0 Å². The zero-order chi connectivity index (χ0) is 14.8. The summed E-state index contributed by atoms with van der Waals surface area (Å²) in [5, 5.41) is 5.50. The van der Waals surface area contributed by atoms with Gasteiger partial charge in [-0.05, 0) is 56.4 Å². The van der Waals surface area contributed by atoms with Gasteiger partial charge in [0.2, 0.25) is 0 Å². The van der Waals surface area contributed by atoms with Crippen LogP contribution in [0.15, 0.2) is 24.4 Å². The first-order valence-corrected chi connectivity index (χ1v) is 7.90. The van der Waals surface area contributed by atoms with Crippen LogP contribution in [0.25, 0.3) is 10.9 Å². The molecule has 0 aliphatic heterocycles. The Balaban J connectivity index is 1.93. The average Bonchev–Trinajstić information content (AvgIpc) is 2.51. The van der Waals surface area contributed by atoms with E-state index in [9.17, 15) is 0 Å².